The summed E-state index contributed by atoms with van der Waals surface area (Å²) in [6, 6.07) is 7.26. The van der Waals surface area contributed by atoms with Gasteiger partial charge in [0.15, 0.2) is 11.5 Å². The van der Waals surface area contributed by atoms with Crippen molar-refractivity contribution >= 4 is 17.5 Å². The van der Waals surface area contributed by atoms with Crippen LogP contribution >= 0.6 is 0 Å². The molecule has 0 saturated heterocycles. The van der Waals surface area contributed by atoms with Crippen LogP contribution in [0.2, 0.25) is 0 Å². The molecular weight excluding hydrogens is 552 g/mol. The van der Waals surface area contributed by atoms with Crippen LogP contribution in [0.3, 0.4) is 0 Å². The molecule has 43 heavy (non-hydrogen) atoms. The van der Waals surface area contributed by atoms with Crippen molar-refractivity contribution in [3.63, 3.8) is 0 Å². The van der Waals surface area contributed by atoms with Gasteiger partial charge < -0.3 is 26.3 Å². The molecule has 230 valence electrons. The number of nitrogens with zero attached hydrogens (tertiary/aromatic N) is 3. The van der Waals surface area contributed by atoms with E-state index in [1.807, 2.05) is 58.0 Å². The molecule has 2 aromatic carbocycles. The number of rotatable bonds is 11. The van der Waals surface area contributed by atoms with Crippen LogP contribution in [0, 0.1) is 20.8 Å². The molecule has 2 unspecified atom stereocenters. The number of methoxy groups -OCH3 is 1. The van der Waals surface area contributed by atoms with E-state index in [-0.39, 0.29) is 18.8 Å². The molecule has 1 aliphatic rings. The minimum Gasteiger partial charge on any atom is -0.493 e. The number of hydrazine groups is 1. The molecule has 13 heteroatoms. The number of ether oxygens (including phenoxy) is 2. The molecule has 1 aromatic heterocycles. The minimum absolute atomic E-state index is 0.0400. The number of carbonyl (C=O) groups is 2. The average Bonchev–Trinajstić information content (AvgIpc) is 2.95. The molecule has 0 saturated carbocycles. The van der Waals surface area contributed by atoms with Crippen molar-refractivity contribution in [1.82, 2.24) is 19.9 Å². The van der Waals surface area contributed by atoms with Crippen LogP contribution in [0.4, 0.5) is 5.69 Å². The quantitative estimate of drug-likeness (QED) is 0.154. The second-order valence-electron chi connectivity index (χ2n) is 10.5. The Labute approximate surface area is 249 Å². The fourth-order valence-corrected chi connectivity index (χ4v) is 5.46. The van der Waals surface area contributed by atoms with Crippen LogP contribution in [0.15, 0.2) is 40.1 Å². The normalized spacial score (nSPS) is 14.0. The summed E-state index contributed by atoms with van der Waals surface area (Å²) in [6.45, 7) is 8.97. The summed E-state index contributed by atoms with van der Waals surface area (Å²) in [6.07, 6.45) is 0.616. The Hall–Kier alpha value is -4.46. The SMILES string of the molecule is CCOc1cc2c(cc1OC)-c1c/c(=N\c3c(C)cc(C)cc3C)n(CCNC(=O)C(N)C(NN)C(N)=O)c(=O)n1CC2. The van der Waals surface area contributed by atoms with E-state index in [2.05, 4.69) is 10.7 Å². The van der Waals surface area contributed by atoms with E-state index in [4.69, 9.17) is 31.8 Å². The molecule has 0 spiro atoms. The van der Waals surface area contributed by atoms with Gasteiger partial charge in [-0.1, -0.05) is 17.7 Å². The number of nitrogens with one attached hydrogen (secondary N) is 2. The van der Waals surface area contributed by atoms with Gasteiger partial charge in [-0.25, -0.2) is 15.2 Å². The molecule has 2 amide bonds. The number of primary amides is 1. The first-order valence-corrected chi connectivity index (χ1v) is 14.1. The second-order valence-corrected chi connectivity index (χ2v) is 10.5. The molecule has 13 nitrogen and oxygen atoms in total. The molecule has 2 heterocycles. The standard InChI is InChI=1S/C30H40N8O5/c1-6-43-23-13-19-7-9-37-21(20(19)14-22(23)42-5)15-24(35-26-17(3)11-16(2)12-18(26)4)38(30(37)41)10-8-34-29(40)25(31)27(36-33)28(32)39/h11-15,25,27,36H,6-10,31,33H2,1-5H3,(H2,32,39)(H,34,40)/b35-24+. The number of carbonyl (C=O) groups excluding carboxylic acids is 2. The van der Waals surface area contributed by atoms with Gasteiger partial charge in [-0.2, -0.15) is 0 Å². The van der Waals surface area contributed by atoms with Crippen molar-refractivity contribution in [2.75, 3.05) is 20.3 Å². The predicted molar refractivity (Wildman–Crippen MR) is 163 cm³/mol. The highest BCUT2D eigenvalue weighted by Crippen LogP contribution is 2.37. The first-order valence-electron chi connectivity index (χ1n) is 14.1. The van der Waals surface area contributed by atoms with Gasteiger partial charge in [-0.3, -0.25) is 24.6 Å². The molecule has 8 N–H and O–H groups in total. The van der Waals surface area contributed by atoms with Gasteiger partial charge in [0.1, 0.15) is 17.6 Å². The van der Waals surface area contributed by atoms with Gasteiger partial charge in [-0.05, 0) is 62.9 Å². The molecule has 0 radical (unpaired) electrons. The maximum Gasteiger partial charge on any atom is 0.330 e. The second kappa shape index (κ2) is 13.2. The molecule has 4 rings (SSSR count). The fraction of sp³-hybridized carbons (Fsp3) is 0.400. The first kappa shape index (κ1) is 31.5. The molecule has 2 atom stereocenters. The summed E-state index contributed by atoms with van der Waals surface area (Å²) >= 11 is 0. The lowest BCUT2D eigenvalue weighted by Crippen LogP contribution is -2.61. The van der Waals surface area contributed by atoms with Crippen molar-refractivity contribution in [1.29, 1.82) is 0 Å². The molecular formula is C30H40N8O5. The monoisotopic (exact) mass is 592 g/mol. The summed E-state index contributed by atoms with van der Waals surface area (Å²) in [5.74, 6) is 5.05. The predicted octanol–water partition coefficient (Wildman–Crippen LogP) is 0.199. The Balaban J connectivity index is 1.82. The number of fused-ring (bicyclic) bond motifs is 3. The zero-order valence-corrected chi connectivity index (χ0v) is 25.2. The van der Waals surface area contributed by atoms with E-state index in [0.29, 0.717) is 42.3 Å². The fourth-order valence-electron chi connectivity index (χ4n) is 5.46. The number of aryl methyl sites for hydroxylation is 4. The Bertz CT molecular complexity index is 1650. The van der Waals surface area contributed by atoms with Crippen LogP contribution < -0.4 is 48.7 Å². The van der Waals surface area contributed by atoms with Gasteiger partial charge in [0.25, 0.3) is 0 Å². The van der Waals surface area contributed by atoms with Crippen LogP contribution in [-0.2, 0) is 29.1 Å². The molecule has 3 aromatic rings. The van der Waals surface area contributed by atoms with Gasteiger partial charge in [0.2, 0.25) is 11.8 Å². The van der Waals surface area contributed by atoms with Gasteiger partial charge in [0.05, 0.1) is 25.1 Å². The maximum atomic E-state index is 14.0. The van der Waals surface area contributed by atoms with Crippen molar-refractivity contribution in [2.45, 2.75) is 59.3 Å². The number of amides is 2. The largest absolute Gasteiger partial charge is 0.493 e. The third kappa shape index (κ3) is 6.48. The maximum absolute atomic E-state index is 14.0. The van der Waals surface area contributed by atoms with Crippen LogP contribution in [-0.4, -0.2) is 53.3 Å². The van der Waals surface area contributed by atoms with E-state index in [1.165, 1.54) is 4.57 Å². The number of aromatic nitrogens is 2. The van der Waals surface area contributed by atoms with E-state index < -0.39 is 23.9 Å². The Morgan fingerprint density at radius 2 is 1.79 bits per heavy atom. The Morgan fingerprint density at radius 3 is 2.40 bits per heavy atom. The van der Waals surface area contributed by atoms with Crippen LogP contribution in [0.5, 0.6) is 11.5 Å². The van der Waals surface area contributed by atoms with Crippen LogP contribution in [0.25, 0.3) is 11.3 Å². The van der Waals surface area contributed by atoms with E-state index in [0.717, 1.165) is 33.5 Å². The van der Waals surface area contributed by atoms with Crippen LogP contribution in [0.1, 0.15) is 29.2 Å². The summed E-state index contributed by atoms with van der Waals surface area (Å²) < 4.78 is 14.6. The van der Waals surface area contributed by atoms with E-state index in [1.54, 1.807) is 11.7 Å². The lowest BCUT2D eigenvalue weighted by atomic mass is 9.97. The molecule has 0 bridgehead atoms. The lowest BCUT2D eigenvalue weighted by molar-refractivity contribution is -0.128. The van der Waals surface area contributed by atoms with Gasteiger partial charge in [0, 0.05) is 31.3 Å². The molecule has 0 fully saturated rings. The van der Waals surface area contributed by atoms with Gasteiger partial charge in [-0.15, -0.1) is 0 Å². The lowest BCUT2D eigenvalue weighted by Gasteiger charge is -2.25. The average molecular weight is 593 g/mol. The summed E-state index contributed by atoms with van der Waals surface area (Å²) in [5, 5.41) is 2.67. The van der Waals surface area contributed by atoms with Crippen molar-refractivity contribution in [3.05, 3.63) is 68.6 Å². The van der Waals surface area contributed by atoms with E-state index >= 15 is 0 Å². The Morgan fingerprint density at radius 1 is 1.09 bits per heavy atom. The highest BCUT2D eigenvalue weighted by atomic mass is 16.5. The summed E-state index contributed by atoms with van der Waals surface area (Å²) in [7, 11) is 1.58. The Kier molecular flexibility index (Phi) is 9.69. The zero-order chi connectivity index (χ0) is 31.4. The highest BCUT2D eigenvalue weighted by molar-refractivity contribution is 5.91. The van der Waals surface area contributed by atoms with Gasteiger partial charge >= 0.3 is 5.69 Å². The molecule has 0 aliphatic carbocycles. The van der Waals surface area contributed by atoms with E-state index in [9.17, 15) is 14.4 Å². The minimum atomic E-state index is -1.31. The number of benzene rings is 2. The summed E-state index contributed by atoms with van der Waals surface area (Å²) in [5.41, 5.74) is 19.9. The highest BCUT2D eigenvalue weighted by Gasteiger charge is 2.28. The third-order valence-corrected chi connectivity index (χ3v) is 7.51. The number of hydrogen-bond acceptors (Lipinski definition) is 9. The number of nitrogens with two attached hydrogens (primary N) is 3. The summed E-state index contributed by atoms with van der Waals surface area (Å²) in [4.78, 5) is 43.2. The number of hydrogen-bond donors (Lipinski definition) is 5. The first-order chi connectivity index (χ1) is 20.5. The topological polar surface area (TPSA) is 194 Å². The zero-order valence-electron chi connectivity index (χ0n) is 25.2. The van der Waals surface area contributed by atoms with Crippen molar-refractivity contribution in [2.24, 2.45) is 22.3 Å². The third-order valence-electron chi connectivity index (χ3n) is 7.51. The van der Waals surface area contributed by atoms with Crippen molar-refractivity contribution in [3.8, 4) is 22.8 Å². The molecule has 1 aliphatic heterocycles. The smallest absolute Gasteiger partial charge is 0.330 e. The van der Waals surface area contributed by atoms with Crippen molar-refractivity contribution < 1.29 is 19.1 Å².